The second-order valence-electron chi connectivity index (χ2n) is 7.33. The molecule has 0 spiro atoms. The minimum atomic E-state index is 0. The second kappa shape index (κ2) is 29.8. The van der Waals surface area contributed by atoms with Gasteiger partial charge in [0.2, 0.25) is 0 Å². The van der Waals surface area contributed by atoms with Crippen LogP contribution in [0.1, 0.15) is 105 Å². The van der Waals surface area contributed by atoms with Crippen LogP contribution < -0.4 is 0 Å². The Morgan fingerprint density at radius 2 is 0.733 bits per heavy atom. The summed E-state index contributed by atoms with van der Waals surface area (Å²) in [6.07, 6.45) is 15.0. The first-order chi connectivity index (χ1) is 13.4. The van der Waals surface area contributed by atoms with Crippen LogP contribution in [0.2, 0.25) is 0 Å². The fraction of sp³-hybridized carbons (Fsp3) is 0.909. The van der Waals surface area contributed by atoms with Crippen molar-refractivity contribution in [1.82, 2.24) is 9.80 Å². The quantitative estimate of drug-likeness (QED) is 0.123. The normalized spacial score (nSPS) is 9.47. The van der Waals surface area contributed by atoms with Gasteiger partial charge in [0.05, 0.1) is 0 Å². The predicted octanol–water partition coefficient (Wildman–Crippen LogP) is 6.88. The molecule has 0 amide bonds. The summed E-state index contributed by atoms with van der Waals surface area (Å²) in [4.78, 5) is 4.35. The number of hydrogen-bond acceptors (Lipinski definition) is 4. The molecule has 0 unspecified atom stereocenters. The molecule has 177 valence electrons. The molecule has 30 heavy (non-hydrogen) atoms. The van der Waals surface area contributed by atoms with Crippen molar-refractivity contribution < 1.29 is 24.0 Å². The van der Waals surface area contributed by atoms with Gasteiger partial charge in [-0.1, -0.05) is 87.7 Å². The molecule has 0 aliphatic heterocycles. The molecule has 0 bridgehead atoms. The first-order valence-electron chi connectivity index (χ1n) is 11.4. The topological polar surface area (TPSA) is 35.0 Å². The van der Waals surface area contributed by atoms with E-state index in [2.05, 4.69) is 37.5 Å². The van der Waals surface area contributed by atoms with E-state index in [1.807, 2.05) is 0 Å². The maximum absolute atomic E-state index is 5.06. The zero-order valence-corrected chi connectivity index (χ0v) is 24.4. The summed E-state index contributed by atoms with van der Waals surface area (Å²) in [6, 6.07) is 0. The molecule has 0 saturated carbocycles. The van der Waals surface area contributed by atoms with Crippen LogP contribution in [-0.2, 0) is 49.3 Å². The fourth-order valence-corrected chi connectivity index (χ4v) is 3.53. The first-order valence-corrected chi connectivity index (χ1v) is 13.0. The van der Waals surface area contributed by atoms with Crippen LogP contribution in [0, 0.1) is 0 Å². The summed E-state index contributed by atoms with van der Waals surface area (Å²) < 4.78 is 1.30. The van der Waals surface area contributed by atoms with Gasteiger partial charge in [0, 0.05) is 26.2 Å². The Balaban J connectivity index is -0.000000211. The molecular formula is C22H44N2OS4V. The van der Waals surface area contributed by atoms with Gasteiger partial charge in [-0.3, -0.25) is 0 Å². The Morgan fingerprint density at radius 3 is 0.867 bits per heavy atom. The maximum atomic E-state index is 5.06. The largest absolute Gasteiger partial charge is 4.00 e. The summed E-state index contributed by atoms with van der Waals surface area (Å²) in [5.74, 6) is 0. The van der Waals surface area contributed by atoms with Gasteiger partial charge in [-0.2, -0.15) is 0 Å². The van der Waals surface area contributed by atoms with Gasteiger partial charge in [-0.15, -0.1) is 0 Å². The average molecular weight is 532 g/mol. The van der Waals surface area contributed by atoms with E-state index in [0.29, 0.717) is 8.64 Å². The van der Waals surface area contributed by atoms with E-state index in [1.165, 1.54) is 77.0 Å². The summed E-state index contributed by atoms with van der Waals surface area (Å²) in [6.45, 7) is 13.1. The van der Waals surface area contributed by atoms with Gasteiger partial charge >= 0.3 is 18.6 Å². The average Bonchev–Trinajstić information content (AvgIpc) is 2.66. The monoisotopic (exact) mass is 531 g/mol. The molecular weight excluding hydrogens is 487 g/mol. The molecule has 3 nitrogen and oxygen atoms in total. The van der Waals surface area contributed by atoms with E-state index < -0.39 is 0 Å². The molecule has 1 radical (unpaired) electrons. The first kappa shape index (κ1) is 38.0. The van der Waals surface area contributed by atoms with Crippen LogP contribution in [0.25, 0.3) is 0 Å². The van der Waals surface area contributed by atoms with Crippen molar-refractivity contribution in [2.45, 2.75) is 105 Å². The molecule has 0 aliphatic rings. The van der Waals surface area contributed by atoms with E-state index in [-0.39, 0.29) is 24.0 Å². The summed E-state index contributed by atoms with van der Waals surface area (Å²) in [5, 5.41) is 0. The molecule has 0 heterocycles. The number of nitrogens with zero attached hydrogens (tertiary/aromatic N) is 2. The van der Waals surface area contributed by atoms with Crippen LogP contribution in [0.3, 0.4) is 0 Å². The van der Waals surface area contributed by atoms with Crippen molar-refractivity contribution in [3.8, 4) is 0 Å². The number of hydrogen-bond donors (Lipinski definition) is 0. The number of unbranched alkanes of at least 4 members (excludes halogenated alkanes) is 8. The molecule has 0 fully saturated rings. The third-order valence-corrected chi connectivity index (χ3v) is 5.68. The van der Waals surface area contributed by atoms with Crippen LogP contribution in [0.4, 0.5) is 0 Å². The van der Waals surface area contributed by atoms with E-state index >= 15 is 0 Å². The van der Waals surface area contributed by atoms with Gasteiger partial charge in [0.1, 0.15) is 0 Å². The maximum Gasteiger partial charge on any atom is 4.00 e. The molecule has 0 aromatic carbocycles. The van der Waals surface area contributed by atoms with E-state index in [9.17, 15) is 0 Å². The second-order valence-corrected chi connectivity index (χ2v) is 9.40. The predicted molar refractivity (Wildman–Crippen MR) is 142 cm³/mol. The molecule has 0 aromatic heterocycles. The summed E-state index contributed by atoms with van der Waals surface area (Å²) >= 11 is 20.2. The Morgan fingerprint density at radius 1 is 0.533 bits per heavy atom. The van der Waals surface area contributed by atoms with Crippen LogP contribution >= 0.6 is 24.4 Å². The molecule has 0 aliphatic carbocycles. The van der Waals surface area contributed by atoms with Crippen LogP contribution in [0.5, 0.6) is 0 Å². The molecule has 0 saturated heterocycles. The molecule has 0 atom stereocenters. The molecule has 0 N–H and O–H groups in total. The standard InChI is InChI=1S/2C11H23NS2.O.V/c2*1-3-5-7-9-12(11(13)14)10-8-6-4-2;;/h2*3-10H2,1-2H3,(H,13,14);;/q;;-2;+4/p-2. The Kier molecular flexibility index (Phi) is 37.7. The third kappa shape index (κ3) is 26.8. The molecule has 0 aromatic rings. The molecule has 0 rings (SSSR count). The third-order valence-electron chi connectivity index (χ3n) is 4.64. The van der Waals surface area contributed by atoms with Gasteiger partial charge in [-0.05, 0) is 25.7 Å². The van der Waals surface area contributed by atoms with E-state index in [0.717, 1.165) is 26.2 Å². The van der Waals surface area contributed by atoms with Gasteiger partial charge < -0.3 is 65.0 Å². The van der Waals surface area contributed by atoms with Crippen molar-refractivity contribution >= 4 is 58.3 Å². The number of thiocarbonyl (C=S) groups is 2. The Bertz CT molecular complexity index is 323. The van der Waals surface area contributed by atoms with Gasteiger partial charge in [0.25, 0.3) is 0 Å². The SMILES string of the molecule is CCCCCN(CCCCC)C(=S)[S-].CCCCCN(CCCCC)C(=S)[S-].[O-2].[V+4]. The van der Waals surface area contributed by atoms with E-state index in [1.54, 1.807) is 0 Å². The summed E-state index contributed by atoms with van der Waals surface area (Å²) in [5.41, 5.74) is 0. The summed E-state index contributed by atoms with van der Waals surface area (Å²) in [7, 11) is 0. The minimum Gasteiger partial charge on any atom is -2.00 e. The Labute approximate surface area is 221 Å². The fourth-order valence-electron chi connectivity index (χ4n) is 2.80. The number of rotatable bonds is 16. The Hall–Kier alpha value is 0.764. The van der Waals surface area contributed by atoms with E-state index in [4.69, 9.17) is 49.7 Å². The van der Waals surface area contributed by atoms with Crippen molar-refractivity contribution in [3.63, 3.8) is 0 Å². The van der Waals surface area contributed by atoms with Crippen LogP contribution in [-0.4, -0.2) is 44.6 Å². The van der Waals surface area contributed by atoms with Crippen molar-refractivity contribution in [1.29, 1.82) is 0 Å². The zero-order valence-electron chi connectivity index (χ0n) is 19.7. The van der Waals surface area contributed by atoms with Crippen LogP contribution in [0.15, 0.2) is 0 Å². The van der Waals surface area contributed by atoms with Crippen molar-refractivity contribution in [2.75, 3.05) is 26.2 Å². The minimum absolute atomic E-state index is 0. The van der Waals surface area contributed by atoms with Gasteiger partial charge in [0.15, 0.2) is 0 Å². The van der Waals surface area contributed by atoms with Crippen molar-refractivity contribution in [3.05, 3.63) is 0 Å². The molecule has 8 heteroatoms. The van der Waals surface area contributed by atoms with Crippen molar-refractivity contribution in [2.24, 2.45) is 0 Å². The smallest absolute Gasteiger partial charge is 2.00 e. The zero-order chi connectivity index (χ0) is 21.6. The van der Waals surface area contributed by atoms with Gasteiger partial charge in [-0.25, -0.2) is 0 Å².